The fraction of sp³-hybridized carbons (Fsp3) is 0.714. The molecule has 2 heterocycles. The van der Waals surface area contributed by atoms with Gasteiger partial charge in [0.05, 0.1) is 0 Å². The van der Waals surface area contributed by atoms with Crippen molar-refractivity contribution in [3.05, 3.63) is 5.82 Å². The van der Waals surface area contributed by atoms with Crippen LogP contribution in [0.25, 0.3) is 0 Å². The summed E-state index contributed by atoms with van der Waals surface area (Å²) in [5.74, 6) is 0.877. The van der Waals surface area contributed by atoms with Gasteiger partial charge in [-0.3, -0.25) is 0 Å². The van der Waals surface area contributed by atoms with Crippen LogP contribution < -0.4 is 10.1 Å². The molecule has 0 bridgehead atoms. The largest absolute Gasteiger partial charge is 0.463 e. The second-order valence-corrected chi connectivity index (χ2v) is 3.44. The third-order valence-corrected chi connectivity index (χ3v) is 2.42. The van der Waals surface area contributed by atoms with Crippen LogP contribution in [0.2, 0.25) is 0 Å². The van der Waals surface area contributed by atoms with Crippen LogP contribution >= 0.6 is 11.5 Å². The van der Waals surface area contributed by atoms with E-state index in [1.165, 1.54) is 11.5 Å². The van der Waals surface area contributed by atoms with Crippen LogP contribution in [0.4, 0.5) is 0 Å². The third-order valence-electron chi connectivity index (χ3n) is 1.78. The van der Waals surface area contributed by atoms with Crippen molar-refractivity contribution in [3.63, 3.8) is 0 Å². The van der Waals surface area contributed by atoms with Gasteiger partial charge in [0.1, 0.15) is 11.9 Å². The minimum Gasteiger partial charge on any atom is -0.463 e. The summed E-state index contributed by atoms with van der Waals surface area (Å²) in [7, 11) is 0. The molecule has 1 N–H and O–H groups in total. The van der Waals surface area contributed by atoms with Crippen molar-refractivity contribution >= 4 is 11.5 Å². The number of hydrogen-bond donors (Lipinski definition) is 1. The molecule has 0 spiro atoms. The van der Waals surface area contributed by atoms with E-state index in [4.69, 9.17) is 4.74 Å². The predicted molar refractivity (Wildman–Crippen MR) is 46.6 cm³/mol. The Balaban J connectivity index is 1.93. The summed E-state index contributed by atoms with van der Waals surface area (Å²) in [4.78, 5) is 4.21. The Morgan fingerprint density at radius 1 is 1.67 bits per heavy atom. The fourth-order valence-electron chi connectivity index (χ4n) is 0.918. The lowest BCUT2D eigenvalue weighted by molar-refractivity contribution is 0.141. The predicted octanol–water partition coefficient (Wildman–Crippen LogP) is 0.451. The van der Waals surface area contributed by atoms with Crippen LogP contribution in [0.1, 0.15) is 12.7 Å². The van der Waals surface area contributed by atoms with Gasteiger partial charge in [-0.1, -0.05) is 6.92 Å². The number of hydrogen-bond acceptors (Lipinski definition) is 5. The van der Waals surface area contributed by atoms with E-state index >= 15 is 0 Å². The Labute approximate surface area is 75.1 Å². The molecular formula is C7H11N3OS. The molecular weight excluding hydrogens is 174 g/mol. The van der Waals surface area contributed by atoms with Crippen LogP contribution in [-0.2, 0) is 6.42 Å². The zero-order chi connectivity index (χ0) is 8.39. The van der Waals surface area contributed by atoms with Gasteiger partial charge >= 0.3 is 0 Å². The molecule has 0 amide bonds. The first-order valence-electron chi connectivity index (χ1n) is 4.08. The summed E-state index contributed by atoms with van der Waals surface area (Å²) in [6.45, 7) is 3.90. The first-order chi connectivity index (χ1) is 5.88. The van der Waals surface area contributed by atoms with Crippen molar-refractivity contribution in [1.82, 2.24) is 14.7 Å². The van der Waals surface area contributed by atoms with E-state index in [2.05, 4.69) is 14.7 Å². The van der Waals surface area contributed by atoms with Gasteiger partial charge in [0.25, 0.3) is 5.19 Å². The molecule has 66 valence electrons. The SMILES string of the molecule is CCc1nsc(OC2CNC2)n1. The molecule has 1 aliphatic heterocycles. The van der Waals surface area contributed by atoms with Crippen molar-refractivity contribution in [2.45, 2.75) is 19.4 Å². The summed E-state index contributed by atoms with van der Waals surface area (Å²) < 4.78 is 9.65. The Hall–Kier alpha value is -0.680. The summed E-state index contributed by atoms with van der Waals surface area (Å²) in [6.07, 6.45) is 1.19. The van der Waals surface area contributed by atoms with E-state index in [9.17, 15) is 0 Å². The molecule has 12 heavy (non-hydrogen) atoms. The molecule has 2 rings (SSSR count). The molecule has 1 saturated heterocycles. The average Bonchev–Trinajstić information content (AvgIpc) is 2.44. The molecule has 0 unspecified atom stereocenters. The Bertz CT molecular complexity index is 259. The van der Waals surface area contributed by atoms with Crippen molar-refractivity contribution in [2.75, 3.05) is 13.1 Å². The summed E-state index contributed by atoms with van der Waals surface area (Å²) >= 11 is 1.34. The highest BCUT2D eigenvalue weighted by atomic mass is 32.1. The molecule has 0 aromatic carbocycles. The van der Waals surface area contributed by atoms with Gasteiger partial charge in [-0.2, -0.15) is 9.36 Å². The van der Waals surface area contributed by atoms with Gasteiger partial charge in [-0.05, 0) is 0 Å². The molecule has 0 radical (unpaired) electrons. The van der Waals surface area contributed by atoms with Crippen LogP contribution in [0.5, 0.6) is 5.19 Å². The molecule has 0 atom stereocenters. The highest BCUT2D eigenvalue weighted by Gasteiger charge is 2.19. The monoisotopic (exact) mass is 185 g/mol. The Kier molecular flexibility index (Phi) is 2.23. The minimum absolute atomic E-state index is 0.308. The van der Waals surface area contributed by atoms with Crippen LogP contribution in [0.3, 0.4) is 0 Å². The lowest BCUT2D eigenvalue weighted by atomic mass is 10.2. The quantitative estimate of drug-likeness (QED) is 0.742. The van der Waals surface area contributed by atoms with Crippen molar-refractivity contribution in [1.29, 1.82) is 0 Å². The first-order valence-corrected chi connectivity index (χ1v) is 4.86. The standard InChI is InChI=1S/C7H11N3OS/c1-2-6-9-7(12-10-6)11-5-3-8-4-5/h5,8H,2-4H2,1H3. The number of nitrogens with one attached hydrogen (secondary N) is 1. The summed E-state index contributed by atoms with van der Waals surface area (Å²) in [6, 6.07) is 0. The zero-order valence-corrected chi connectivity index (χ0v) is 7.73. The topological polar surface area (TPSA) is 47.0 Å². The van der Waals surface area contributed by atoms with Crippen molar-refractivity contribution in [2.24, 2.45) is 0 Å². The number of nitrogens with zero attached hydrogens (tertiary/aromatic N) is 2. The molecule has 1 aliphatic rings. The molecule has 5 heteroatoms. The number of rotatable bonds is 3. The summed E-state index contributed by atoms with van der Waals surface area (Å²) in [5, 5.41) is 3.84. The molecule has 0 aliphatic carbocycles. The normalized spacial score (nSPS) is 17.4. The van der Waals surface area contributed by atoms with Crippen LogP contribution in [-0.4, -0.2) is 28.6 Å². The Morgan fingerprint density at radius 2 is 2.50 bits per heavy atom. The number of ether oxygens (including phenoxy) is 1. The smallest absolute Gasteiger partial charge is 0.293 e. The minimum atomic E-state index is 0.308. The van der Waals surface area contributed by atoms with Crippen molar-refractivity contribution in [3.8, 4) is 5.19 Å². The first kappa shape index (κ1) is 7.94. The summed E-state index contributed by atoms with van der Waals surface area (Å²) in [5.41, 5.74) is 0. The van der Waals surface area contributed by atoms with E-state index in [0.717, 1.165) is 25.3 Å². The van der Waals surface area contributed by atoms with Gasteiger partial charge in [-0.25, -0.2) is 0 Å². The van der Waals surface area contributed by atoms with E-state index in [1.807, 2.05) is 6.92 Å². The van der Waals surface area contributed by atoms with E-state index in [1.54, 1.807) is 0 Å². The highest BCUT2D eigenvalue weighted by molar-refractivity contribution is 7.07. The number of aryl methyl sites for hydroxylation is 1. The molecule has 1 fully saturated rings. The van der Waals surface area contributed by atoms with Crippen molar-refractivity contribution < 1.29 is 4.74 Å². The molecule has 1 aromatic heterocycles. The van der Waals surface area contributed by atoms with Crippen LogP contribution in [0, 0.1) is 0 Å². The van der Waals surface area contributed by atoms with Crippen LogP contribution in [0.15, 0.2) is 0 Å². The highest BCUT2D eigenvalue weighted by Crippen LogP contribution is 2.16. The van der Waals surface area contributed by atoms with Gasteiger partial charge in [0, 0.05) is 31.0 Å². The Morgan fingerprint density at radius 3 is 3.00 bits per heavy atom. The van der Waals surface area contributed by atoms with E-state index < -0.39 is 0 Å². The van der Waals surface area contributed by atoms with Gasteiger partial charge < -0.3 is 10.1 Å². The maximum absolute atomic E-state index is 5.52. The van der Waals surface area contributed by atoms with Gasteiger partial charge in [-0.15, -0.1) is 0 Å². The second-order valence-electron chi connectivity index (χ2n) is 2.73. The zero-order valence-electron chi connectivity index (χ0n) is 6.91. The molecule has 4 nitrogen and oxygen atoms in total. The van der Waals surface area contributed by atoms with Gasteiger partial charge in [0.15, 0.2) is 0 Å². The average molecular weight is 185 g/mol. The third kappa shape index (κ3) is 1.56. The lowest BCUT2D eigenvalue weighted by Gasteiger charge is -2.25. The lowest BCUT2D eigenvalue weighted by Crippen LogP contribution is -2.50. The van der Waals surface area contributed by atoms with E-state index in [-0.39, 0.29) is 0 Å². The maximum Gasteiger partial charge on any atom is 0.293 e. The second kappa shape index (κ2) is 3.37. The number of aromatic nitrogens is 2. The maximum atomic E-state index is 5.52. The van der Waals surface area contributed by atoms with Gasteiger partial charge in [0.2, 0.25) is 0 Å². The molecule has 1 aromatic rings. The fourth-order valence-corrected chi connectivity index (χ4v) is 1.60. The molecule has 0 saturated carbocycles. The van der Waals surface area contributed by atoms with E-state index in [0.29, 0.717) is 11.3 Å².